The minimum Gasteiger partial charge on any atom is -0.378 e. The summed E-state index contributed by atoms with van der Waals surface area (Å²) in [5, 5.41) is 0. The molecule has 1 heterocycles. The van der Waals surface area contributed by atoms with Crippen LogP contribution in [-0.4, -0.2) is 30.2 Å². The van der Waals surface area contributed by atoms with Gasteiger partial charge in [0.05, 0.1) is 6.10 Å². The molecule has 1 saturated carbocycles. The average Bonchev–Trinajstić information content (AvgIpc) is 2.73. The van der Waals surface area contributed by atoms with Gasteiger partial charge in [-0.15, -0.1) is 0 Å². The van der Waals surface area contributed by atoms with Gasteiger partial charge in [-0.3, -0.25) is 4.90 Å². The Morgan fingerprint density at radius 1 is 1.07 bits per heavy atom. The highest BCUT2D eigenvalue weighted by Gasteiger charge is 2.42. The lowest BCUT2D eigenvalue weighted by atomic mass is 9.65. The standard InChI is InChI=1S/C26H43NO/c1-21-16-18-27(20-24-12-7-5-8-13-24)23(3)26(21,4)17-11-19-28-22(2)25-14-9-6-10-15-25/h5,7-8,12-13,21-23,25H,6,9-11,14-20H2,1-4H3. The molecule has 0 bridgehead atoms. The third-order valence-corrected chi connectivity index (χ3v) is 8.26. The lowest BCUT2D eigenvalue weighted by Gasteiger charge is -2.51. The summed E-state index contributed by atoms with van der Waals surface area (Å²) >= 11 is 0. The van der Waals surface area contributed by atoms with Crippen molar-refractivity contribution < 1.29 is 4.74 Å². The number of likely N-dealkylation sites (tertiary alicyclic amines) is 1. The van der Waals surface area contributed by atoms with Gasteiger partial charge in [0.1, 0.15) is 0 Å². The molecule has 1 aliphatic heterocycles. The Morgan fingerprint density at radius 2 is 1.79 bits per heavy atom. The summed E-state index contributed by atoms with van der Waals surface area (Å²) in [6.45, 7) is 13.0. The van der Waals surface area contributed by atoms with Gasteiger partial charge in [-0.05, 0) is 75.3 Å². The fourth-order valence-corrected chi connectivity index (χ4v) is 5.66. The number of hydrogen-bond acceptors (Lipinski definition) is 2. The zero-order valence-electron chi connectivity index (χ0n) is 18.8. The van der Waals surface area contributed by atoms with Crippen LogP contribution in [-0.2, 0) is 11.3 Å². The monoisotopic (exact) mass is 385 g/mol. The van der Waals surface area contributed by atoms with Crippen LogP contribution in [0.4, 0.5) is 0 Å². The van der Waals surface area contributed by atoms with Crippen LogP contribution in [0.25, 0.3) is 0 Å². The normalized spacial score (nSPS) is 31.0. The SMILES string of the molecule is CC(OCCCC1(C)C(C)CCN(Cc2ccccc2)C1C)C1CCCCC1. The maximum Gasteiger partial charge on any atom is 0.0575 e. The van der Waals surface area contributed by atoms with Crippen molar-refractivity contribution in [2.45, 2.75) is 97.8 Å². The van der Waals surface area contributed by atoms with Crippen LogP contribution < -0.4 is 0 Å². The molecule has 0 radical (unpaired) electrons. The molecule has 2 aliphatic rings. The van der Waals surface area contributed by atoms with E-state index in [1.165, 1.54) is 63.5 Å². The van der Waals surface area contributed by atoms with E-state index in [4.69, 9.17) is 4.74 Å². The molecule has 1 aliphatic carbocycles. The van der Waals surface area contributed by atoms with E-state index in [0.29, 0.717) is 17.6 Å². The summed E-state index contributed by atoms with van der Waals surface area (Å²) < 4.78 is 6.30. The Labute approximate surface area is 174 Å². The maximum atomic E-state index is 6.30. The first-order chi connectivity index (χ1) is 13.5. The first-order valence-electron chi connectivity index (χ1n) is 11.9. The molecule has 0 spiro atoms. The minimum absolute atomic E-state index is 0.379. The van der Waals surface area contributed by atoms with Gasteiger partial charge in [0.2, 0.25) is 0 Å². The quantitative estimate of drug-likeness (QED) is 0.462. The molecule has 3 rings (SSSR count). The molecular formula is C26H43NO. The summed E-state index contributed by atoms with van der Waals surface area (Å²) in [6.07, 6.45) is 11.2. The predicted octanol–water partition coefficient (Wildman–Crippen LogP) is 6.69. The van der Waals surface area contributed by atoms with Gasteiger partial charge in [0.15, 0.2) is 0 Å². The van der Waals surface area contributed by atoms with E-state index in [1.54, 1.807) is 0 Å². The zero-order valence-corrected chi connectivity index (χ0v) is 18.8. The Morgan fingerprint density at radius 3 is 2.50 bits per heavy atom. The third-order valence-electron chi connectivity index (χ3n) is 8.26. The van der Waals surface area contributed by atoms with E-state index in [9.17, 15) is 0 Å². The fraction of sp³-hybridized carbons (Fsp3) is 0.769. The molecule has 0 amide bonds. The second kappa shape index (κ2) is 10.3. The van der Waals surface area contributed by atoms with Crippen molar-refractivity contribution >= 4 is 0 Å². The highest BCUT2D eigenvalue weighted by Crippen LogP contribution is 2.44. The molecule has 1 saturated heterocycles. The largest absolute Gasteiger partial charge is 0.378 e. The Bertz CT molecular complexity index is 567. The molecule has 2 heteroatoms. The summed E-state index contributed by atoms with van der Waals surface area (Å²) in [4.78, 5) is 2.71. The van der Waals surface area contributed by atoms with Crippen molar-refractivity contribution in [3.63, 3.8) is 0 Å². The molecule has 4 atom stereocenters. The smallest absolute Gasteiger partial charge is 0.0575 e. The molecule has 0 N–H and O–H groups in total. The molecular weight excluding hydrogens is 342 g/mol. The number of rotatable bonds is 8. The molecule has 158 valence electrons. The first kappa shape index (κ1) is 21.8. The molecule has 2 fully saturated rings. The van der Waals surface area contributed by atoms with Crippen LogP contribution in [0, 0.1) is 17.3 Å². The second-order valence-electron chi connectivity index (χ2n) is 9.91. The van der Waals surface area contributed by atoms with Gasteiger partial charge >= 0.3 is 0 Å². The topological polar surface area (TPSA) is 12.5 Å². The van der Waals surface area contributed by atoms with Crippen molar-refractivity contribution in [3.8, 4) is 0 Å². The second-order valence-corrected chi connectivity index (χ2v) is 9.91. The van der Waals surface area contributed by atoms with Crippen molar-refractivity contribution in [2.75, 3.05) is 13.2 Å². The maximum absolute atomic E-state index is 6.30. The number of piperidine rings is 1. The van der Waals surface area contributed by atoms with Crippen LogP contribution in [0.3, 0.4) is 0 Å². The van der Waals surface area contributed by atoms with E-state index in [-0.39, 0.29) is 0 Å². The van der Waals surface area contributed by atoms with Crippen LogP contribution >= 0.6 is 0 Å². The Balaban J connectivity index is 1.49. The van der Waals surface area contributed by atoms with E-state index in [1.807, 2.05) is 0 Å². The number of ether oxygens (including phenoxy) is 1. The van der Waals surface area contributed by atoms with Gasteiger partial charge in [-0.25, -0.2) is 0 Å². The molecule has 28 heavy (non-hydrogen) atoms. The van der Waals surface area contributed by atoms with Crippen LogP contribution in [0.15, 0.2) is 30.3 Å². The van der Waals surface area contributed by atoms with Gasteiger partial charge < -0.3 is 4.74 Å². The summed E-state index contributed by atoms with van der Waals surface area (Å²) in [7, 11) is 0. The lowest BCUT2D eigenvalue weighted by Crippen LogP contribution is -2.52. The van der Waals surface area contributed by atoms with Crippen molar-refractivity contribution in [2.24, 2.45) is 17.3 Å². The summed E-state index contributed by atoms with van der Waals surface area (Å²) in [5.74, 6) is 1.59. The van der Waals surface area contributed by atoms with Gasteiger partial charge in [-0.2, -0.15) is 0 Å². The fourth-order valence-electron chi connectivity index (χ4n) is 5.66. The van der Waals surface area contributed by atoms with Crippen molar-refractivity contribution in [1.82, 2.24) is 4.90 Å². The lowest BCUT2D eigenvalue weighted by molar-refractivity contribution is -0.0336. The van der Waals surface area contributed by atoms with Crippen LogP contribution in [0.1, 0.15) is 84.6 Å². The number of hydrogen-bond donors (Lipinski definition) is 0. The number of benzene rings is 1. The zero-order chi connectivity index (χ0) is 20.0. The number of nitrogens with zero attached hydrogens (tertiary/aromatic N) is 1. The van der Waals surface area contributed by atoms with Gasteiger partial charge in [0, 0.05) is 19.2 Å². The van der Waals surface area contributed by atoms with Crippen LogP contribution in [0.2, 0.25) is 0 Å². The first-order valence-corrected chi connectivity index (χ1v) is 11.9. The molecule has 1 aromatic rings. The van der Waals surface area contributed by atoms with Gasteiger partial charge in [-0.1, -0.05) is 63.4 Å². The Hall–Kier alpha value is -0.860. The van der Waals surface area contributed by atoms with Crippen LogP contribution in [0.5, 0.6) is 0 Å². The molecule has 0 aromatic heterocycles. The molecule has 2 nitrogen and oxygen atoms in total. The summed E-state index contributed by atoms with van der Waals surface area (Å²) in [5.41, 5.74) is 1.82. The average molecular weight is 386 g/mol. The highest BCUT2D eigenvalue weighted by molar-refractivity contribution is 5.15. The third kappa shape index (κ3) is 5.39. The van der Waals surface area contributed by atoms with E-state index in [2.05, 4.69) is 62.9 Å². The van der Waals surface area contributed by atoms with E-state index < -0.39 is 0 Å². The van der Waals surface area contributed by atoms with E-state index >= 15 is 0 Å². The molecule has 1 aromatic carbocycles. The highest BCUT2D eigenvalue weighted by atomic mass is 16.5. The van der Waals surface area contributed by atoms with Crippen molar-refractivity contribution in [3.05, 3.63) is 35.9 Å². The predicted molar refractivity (Wildman–Crippen MR) is 119 cm³/mol. The minimum atomic E-state index is 0.379. The Kier molecular flexibility index (Phi) is 8.00. The summed E-state index contributed by atoms with van der Waals surface area (Å²) in [6, 6.07) is 11.6. The van der Waals surface area contributed by atoms with Gasteiger partial charge in [0.25, 0.3) is 0 Å². The molecule has 4 unspecified atom stereocenters. The van der Waals surface area contributed by atoms with Crippen molar-refractivity contribution in [1.29, 1.82) is 0 Å². The van der Waals surface area contributed by atoms with E-state index in [0.717, 1.165) is 25.0 Å².